The van der Waals surface area contributed by atoms with Gasteiger partial charge in [-0.25, -0.2) is 9.68 Å². The maximum atomic E-state index is 6.35. The van der Waals surface area contributed by atoms with E-state index >= 15 is 0 Å². The lowest BCUT2D eigenvalue weighted by Crippen LogP contribution is -2.41. The molecule has 7 rings (SSSR count). The maximum Gasteiger partial charge on any atom is 0.124 e. The van der Waals surface area contributed by atoms with E-state index in [9.17, 15) is 0 Å². The predicted octanol–water partition coefficient (Wildman–Crippen LogP) is 10.6. The third-order valence-corrected chi connectivity index (χ3v) is 9.80. The molecular formula is C42H41NO2. The van der Waals surface area contributed by atoms with Crippen LogP contribution in [0.2, 0.25) is 0 Å². The Kier molecular flexibility index (Phi) is 7.69. The molecule has 0 spiro atoms. The van der Waals surface area contributed by atoms with Crippen molar-refractivity contribution < 1.29 is 9.68 Å². The highest BCUT2D eigenvalue weighted by Crippen LogP contribution is 2.55. The first-order chi connectivity index (χ1) is 21.8. The minimum atomic E-state index is -0.475. The molecule has 3 aliphatic rings. The Morgan fingerprint density at radius 1 is 0.644 bits per heavy atom. The van der Waals surface area contributed by atoms with E-state index < -0.39 is 11.2 Å². The zero-order valence-electron chi connectivity index (χ0n) is 26.6. The quantitative estimate of drug-likeness (QED) is 0.223. The van der Waals surface area contributed by atoms with Crippen molar-refractivity contribution in [3.05, 3.63) is 173 Å². The van der Waals surface area contributed by atoms with Crippen LogP contribution in [0.4, 0.5) is 5.69 Å². The van der Waals surface area contributed by atoms with Gasteiger partial charge in [-0.05, 0) is 103 Å². The van der Waals surface area contributed by atoms with Gasteiger partial charge in [-0.3, -0.25) is 0 Å². The lowest BCUT2D eigenvalue weighted by Gasteiger charge is -2.39. The number of hydrogen-bond donors (Lipinski definition) is 0. The molecule has 0 radical (unpaired) electrons. The highest BCUT2D eigenvalue weighted by atomic mass is 17.0. The fourth-order valence-corrected chi connectivity index (χ4v) is 6.76. The Bertz CT molecular complexity index is 1780. The van der Waals surface area contributed by atoms with Crippen LogP contribution in [0.3, 0.4) is 0 Å². The number of hydrogen-bond acceptors (Lipinski definition) is 3. The minimum absolute atomic E-state index is 0.0959. The molecule has 0 saturated carbocycles. The van der Waals surface area contributed by atoms with Gasteiger partial charge in [0.2, 0.25) is 0 Å². The average Bonchev–Trinajstić information content (AvgIpc) is 3.31. The van der Waals surface area contributed by atoms with Crippen molar-refractivity contribution in [2.24, 2.45) is 0 Å². The Morgan fingerprint density at radius 2 is 1.22 bits per heavy atom. The third-order valence-electron chi connectivity index (χ3n) is 9.80. The van der Waals surface area contributed by atoms with E-state index in [0.29, 0.717) is 0 Å². The third kappa shape index (κ3) is 5.52. The van der Waals surface area contributed by atoms with E-state index in [4.69, 9.17) is 9.68 Å². The first kappa shape index (κ1) is 29.3. The fraction of sp³-hybridized carbons (Fsp3) is 0.238. The first-order valence-corrected chi connectivity index (χ1v) is 16.1. The monoisotopic (exact) mass is 591 g/mol. The molecule has 1 fully saturated rings. The summed E-state index contributed by atoms with van der Waals surface area (Å²) in [5, 5.41) is 1.61. The fourth-order valence-electron chi connectivity index (χ4n) is 6.76. The van der Waals surface area contributed by atoms with Crippen LogP contribution < -0.4 is 5.23 Å². The normalized spacial score (nSPS) is 22.3. The van der Waals surface area contributed by atoms with Crippen molar-refractivity contribution >= 4 is 16.8 Å². The summed E-state index contributed by atoms with van der Waals surface area (Å²) in [7, 11) is 0. The van der Waals surface area contributed by atoms with Crippen LogP contribution in [0.15, 0.2) is 151 Å². The van der Waals surface area contributed by atoms with Crippen LogP contribution in [0.1, 0.15) is 74.6 Å². The van der Waals surface area contributed by atoms with Gasteiger partial charge in [0.1, 0.15) is 11.2 Å². The Hall–Kier alpha value is -4.44. The van der Waals surface area contributed by atoms with Gasteiger partial charge in [0, 0.05) is 11.8 Å². The van der Waals surface area contributed by atoms with Crippen molar-refractivity contribution in [3.63, 3.8) is 0 Å². The lowest BCUT2D eigenvalue weighted by molar-refractivity contribution is -0.0273. The molecule has 2 unspecified atom stereocenters. The van der Waals surface area contributed by atoms with E-state index in [0.717, 1.165) is 24.1 Å². The Morgan fingerprint density at radius 3 is 1.82 bits per heavy atom. The molecule has 3 heteroatoms. The van der Waals surface area contributed by atoms with Crippen LogP contribution in [0, 0.1) is 0 Å². The zero-order valence-corrected chi connectivity index (χ0v) is 26.6. The summed E-state index contributed by atoms with van der Waals surface area (Å²) in [6.07, 6.45) is 11.4. The molecule has 0 aromatic heterocycles. The summed E-state index contributed by atoms with van der Waals surface area (Å²) >= 11 is 0. The molecule has 3 nitrogen and oxygen atoms in total. The predicted molar refractivity (Wildman–Crippen MR) is 185 cm³/mol. The van der Waals surface area contributed by atoms with Crippen LogP contribution in [-0.2, 0) is 9.68 Å². The number of rotatable bonds is 6. The molecule has 4 aromatic carbocycles. The van der Waals surface area contributed by atoms with E-state index in [1.807, 2.05) is 0 Å². The molecule has 2 atom stereocenters. The Balaban J connectivity index is 1.50. The largest absolute Gasteiger partial charge is 0.239 e. The van der Waals surface area contributed by atoms with Crippen LogP contribution in [-0.4, -0.2) is 11.2 Å². The molecule has 45 heavy (non-hydrogen) atoms. The summed E-state index contributed by atoms with van der Waals surface area (Å²) in [5.41, 5.74) is 10.3. The number of nitrogens with zero attached hydrogens (tertiary/aromatic N) is 1. The van der Waals surface area contributed by atoms with Gasteiger partial charge in [-0.2, -0.15) is 0 Å². The van der Waals surface area contributed by atoms with Crippen LogP contribution in [0.5, 0.6) is 0 Å². The van der Waals surface area contributed by atoms with E-state index in [1.165, 1.54) is 39.0 Å². The molecule has 0 amide bonds. The summed E-state index contributed by atoms with van der Waals surface area (Å²) in [5.74, 6) is 0.249. The number of benzene rings is 4. The van der Waals surface area contributed by atoms with Gasteiger partial charge in [0.05, 0.1) is 5.69 Å². The molecule has 4 aromatic rings. The second-order valence-electron chi connectivity index (χ2n) is 13.2. The van der Waals surface area contributed by atoms with Crippen molar-refractivity contribution in [2.45, 2.75) is 63.6 Å². The molecule has 1 heterocycles. The van der Waals surface area contributed by atoms with Crippen molar-refractivity contribution in [1.82, 2.24) is 0 Å². The summed E-state index contributed by atoms with van der Waals surface area (Å²) in [6, 6.07) is 41.7. The van der Waals surface area contributed by atoms with Gasteiger partial charge in [0.15, 0.2) is 0 Å². The van der Waals surface area contributed by atoms with Crippen molar-refractivity contribution in [2.75, 3.05) is 5.23 Å². The van der Waals surface area contributed by atoms with E-state index in [-0.39, 0.29) is 11.8 Å². The minimum Gasteiger partial charge on any atom is -0.239 e. The van der Waals surface area contributed by atoms with E-state index in [1.54, 1.807) is 5.23 Å². The number of anilines is 1. The molecule has 2 aliphatic carbocycles. The average molecular weight is 592 g/mol. The molecule has 1 saturated heterocycles. The van der Waals surface area contributed by atoms with Gasteiger partial charge >= 0.3 is 0 Å². The van der Waals surface area contributed by atoms with Crippen molar-refractivity contribution in [3.8, 4) is 0 Å². The maximum absolute atomic E-state index is 6.35. The number of allylic oxidation sites excluding steroid dienone is 8. The second-order valence-corrected chi connectivity index (χ2v) is 13.2. The zero-order chi connectivity index (χ0) is 31.0. The lowest BCUT2D eigenvalue weighted by atomic mass is 9.64. The molecule has 0 N–H and O–H groups in total. The van der Waals surface area contributed by atoms with Gasteiger partial charge in [-0.1, -0.05) is 121 Å². The first-order valence-electron chi connectivity index (χ1n) is 16.1. The highest BCUT2D eigenvalue weighted by molar-refractivity contribution is 6.01. The highest BCUT2D eigenvalue weighted by Gasteiger charge is 2.50. The Labute approximate surface area is 267 Å². The van der Waals surface area contributed by atoms with E-state index in [2.05, 4.69) is 167 Å². The molecule has 1 aliphatic heterocycles. The van der Waals surface area contributed by atoms with Gasteiger partial charge < -0.3 is 0 Å². The second kappa shape index (κ2) is 11.8. The summed E-state index contributed by atoms with van der Waals surface area (Å²) < 4.78 is 0. The van der Waals surface area contributed by atoms with Gasteiger partial charge in [0.25, 0.3) is 0 Å². The molecule has 226 valence electrons. The summed E-state index contributed by atoms with van der Waals surface area (Å²) in [4.78, 5) is 12.7. The standard InChI is InChI=1S/C42H41NO2/c1-41(2)42(3,4)45-43(44-41)35-27-17-26-34(28-35)37-29-36(30-18-9-5-10-19-30)38(31-20-11-6-12-21-31)40(33-24-15-8-16-25-33)39(37)32-22-13-7-14-23-32/h5-9,11-18,20-29,38,40H,10,19H2,1-4H3. The van der Waals surface area contributed by atoms with Crippen LogP contribution in [0.25, 0.3) is 11.1 Å². The topological polar surface area (TPSA) is 21.7 Å². The summed E-state index contributed by atoms with van der Waals surface area (Å²) in [6.45, 7) is 8.29. The molecule has 0 bridgehead atoms. The van der Waals surface area contributed by atoms with Crippen LogP contribution >= 0.6 is 0 Å². The molecular weight excluding hydrogens is 550 g/mol. The SMILES string of the molecule is CC1(C)ON(c2cccc(C3=C(c4ccccc4)C(c4ccccc4)C(c4ccccc4)C(C4=CC=CCC4)=C3)c2)OC1(C)C. The van der Waals surface area contributed by atoms with Crippen molar-refractivity contribution in [1.29, 1.82) is 0 Å². The van der Waals surface area contributed by atoms with Gasteiger partial charge in [-0.15, -0.1) is 5.23 Å². The smallest absolute Gasteiger partial charge is 0.124 e.